The summed E-state index contributed by atoms with van der Waals surface area (Å²) < 4.78 is 45.0. The van der Waals surface area contributed by atoms with Crippen molar-refractivity contribution in [3.63, 3.8) is 0 Å². The van der Waals surface area contributed by atoms with Crippen molar-refractivity contribution >= 4 is 21.7 Å². The Bertz CT molecular complexity index is 819. The van der Waals surface area contributed by atoms with Gasteiger partial charge in [0.25, 0.3) is 10.0 Å². The molecular weight excluding hydrogens is 333 g/mol. The first-order valence-electron chi connectivity index (χ1n) is 7.35. The smallest absolute Gasteiger partial charge is 0.326 e. The molecule has 2 rings (SSSR count). The van der Waals surface area contributed by atoms with E-state index in [1.54, 1.807) is 19.1 Å². The third-order valence-electron chi connectivity index (χ3n) is 3.28. The molecule has 0 aliphatic heterocycles. The molecule has 0 bridgehead atoms. The molecule has 2 aromatic rings. The van der Waals surface area contributed by atoms with E-state index in [0.717, 1.165) is 15.9 Å². The van der Waals surface area contributed by atoms with Crippen molar-refractivity contribution in [1.82, 2.24) is 0 Å². The molecule has 2 aromatic carbocycles. The van der Waals surface area contributed by atoms with Crippen LogP contribution in [0.5, 0.6) is 0 Å². The van der Waals surface area contributed by atoms with E-state index in [2.05, 4.69) is 0 Å². The van der Waals surface area contributed by atoms with Crippen LogP contribution >= 0.6 is 0 Å². The first-order chi connectivity index (χ1) is 11.3. The van der Waals surface area contributed by atoms with Gasteiger partial charge in [-0.05, 0) is 44.2 Å². The quantitative estimate of drug-likeness (QED) is 0.751. The van der Waals surface area contributed by atoms with Crippen molar-refractivity contribution in [2.45, 2.75) is 18.7 Å². The summed E-state index contributed by atoms with van der Waals surface area (Å²) in [5, 5.41) is 0. The van der Waals surface area contributed by atoms with E-state index < -0.39 is 28.4 Å². The molecule has 0 aliphatic carbocycles. The Hall–Kier alpha value is -2.41. The normalized spacial score (nSPS) is 11.1. The first-order valence-corrected chi connectivity index (χ1v) is 8.79. The highest BCUT2D eigenvalue weighted by Gasteiger charge is 2.27. The Morgan fingerprint density at radius 1 is 1.17 bits per heavy atom. The van der Waals surface area contributed by atoms with Crippen molar-refractivity contribution in [1.29, 1.82) is 0 Å². The maximum Gasteiger partial charge on any atom is 0.326 e. The fourth-order valence-electron chi connectivity index (χ4n) is 2.11. The minimum atomic E-state index is -4.04. The van der Waals surface area contributed by atoms with Gasteiger partial charge in [0.1, 0.15) is 12.4 Å². The summed E-state index contributed by atoms with van der Waals surface area (Å²) >= 11 is 0. The van der Waals surface area contributed by atoms with Crippen LogP contribution in [-0.2, 0) is 19.6 Å². The molecule has 0 saturated heterocycles. The largest absolute Gasteiger partial charge is 0.465 e. The molecule has 0 heterocycles. The zero-order valence-corrected chi connectivity index (χ0v) is 14.2. The van der Waals surface area contributed by atoms with Crippen LogP contribution in [0.1, 0.15) is 12.5 Å². The number of hydrogen-bond acceptors (Lipinski definition) is 4. The van der Waals surface area contributed by atoms with Crippen LogP contribution in [0.15, 0.2) is 53.4 Å². The van der Waals surface area contributed by atoms with E-state index in [4.69, 9.17) is 4.74 Å². The SMILES string of the molecule is CCOC(=O)CN(c1cccc(F)c1)S(=O)(=O)c1ccc(C)cc1. The molecule has 0 atom stereocenters. The standard InChI is InChI=1S/C17H18FNO4S/c1-3-23-17(20)12-19(15-6-4-5-14(18)11-15)24(21,22)16-9-7-13(2)8-10-16/h4-11H,3,12H2,1-2H3. The minimum absolute atomic E-state index is 0.0154. The second-order valence-electron chi connectivity index (χ2n) is 5.11. The van der Waals surface area contributed by atoms with Gasteiger partial charge in [-0.1, -0.05) is 23.8 Å². The first kappa shape index (κ1) is 17.9. The van der Waals surface area contributed by atoms with E-state index in [1.807, 2.05) is 6.92 Å². The highest BCUT2D eigenvalue weighted by molar-refractivity contribution is 7.92. The molecule has 128 valence electrons. The molecule has 0 spiro atoms. The van der Waals surface area contributed by atoms with Gasteiger partial charge in [0, 0.05) is 0 Å². The summed E-state index contributed by atoms with van der Waals surface area (Å²) in [7, 11) is -4.04. The van der Waals surface area contributed by atoms with Gasteiger partial charge in [0.15, 0.2) is 0 Å². The van der Waals surface area contributed by atoms with Crippen LogP contribution in [0, 0.1) is 12.7 Å². The summed E-state index contributed by atoms with van der Waals surface area (Å²) in [5.74, 6) is -1.31. The molecule has 5 nitrogen and oxygen atoms in total. The van der Waals surface area contributed by atoms with Crippen molar-refractivity contribution < 1.29 is 22.3 Å². The molecule has 0 amide bonds. The number of carbonyl (C=O) groups is 1. The fraction of sp³-hybridized carbons (Fsp3) is 0.235. The topological polar surface area (TPSA) is 63.7 Å². The Morgan fingerprint density at radius 2 is 1.83 bits per heavy atom. The van der Waals surface area contributed by atoms with Gasteiger partial charge < -0.3 is 4.74 Å². The van der Waals surface area contributed by atoms with Crippen molar-refractivity contribution in [2.75, 3.05) is 17.5 Å². The van der Waals surface area contributed by atoms with Crippen molar-refractivity contribution in [2.24, 2.45) is 0 Å². The molecule has 0 unspecified atom stereocenters. The minimum Gasteiger partial charge on any atom is -0.465 e. The Morgan fingerprint density at radius 3 is 2.42 bits per heavy atom. The molecule has 0 radical (unpaired) electrons. The van der Waals surface area contributed by atoms with Crippen LogP contribution in [0.3, 0.4) is 0 Å². The predicted octanol–water partition coefficient (Wildman–Crippen LogP) is 2.89. The van der Waals surface area contributed by atoms with Gasteiger partial charge in [-0.15, -0.1) is 0 Å². The maximum atomic E-state index is 13.5. The molecule has 0 aromatic heterocycles. The number of nitrogens with zero attached hydrogens (tertiary/aromatic N) is 1. The Balaban J connectivity index is 2.48. The Kier molecular flexibility index (Phi) is 5.56. The van der Waals surface area contributed by atoms with Gasteiger partial charge in [-0.2, -0.15) is 0 Å². The van der Waals surface area contributed by atoms with Gasteiger partial charge in [0.2, 0.25) is 0 Å². The van der Waals surface area contributed by atoms with E-state index in [1.165, 1.54) is 30.3 Å². The Labute approximate surface area is 140 Å². The number of esters is 1. The average molecular weight is 351 g/mol. The number of benzene rings is 2. The number of ether oxygens (including phenoxy) is 1. The highest BCUT2D eigenvalue weighted by Crippen LogP contribution is 2.24. The second-order valence-corrected chi connectivity index (χ2v) is 6.97. The van der Waals surface area contributed by atoms with E-state index in [9.17, 15) is 17.6 Å². The summed E-state index contributed by atoms with van der Waals surface area (Å²) in [4.78, 5) is 11.8. The number of sulfonamides is 1. The van der Waals surface area contributed by atoms with E-state index in [0.29, 0.717) is 0 Å². The van der Waals surface area contributed by atoms with Crippen LogP contribution in [0.25, 0.3) is 0 Å². The summed E-state index contributed by atoms with van der Waals surface area (Å²) in [6, 6.07) is 11.3. The molecule has 0 fully saturated rings. The summed E-state index contributed by atoms with van der Waals surface area (Å²) in [6.45, 7) is 3.05. The van der Waals surface area contributed by atoms with Crippen LogP contribution in [0.4, 0.5) is 10.1 Å². The predicted molar refractivity (Wildman–Crippen MR) is 88.7 cm³/mol. The fourth-order valence-corrected chi connectivity index (χ4v) is 3.51. The molecule has 0 saturated carbocycles. The number of hydrogen-bond donors (Lipinski definition) is 0. The molecule has 7 heteroatoms. The molecular formula is C17H18FNO4S. The molecule has 0 N–H and O–H groups in total. The summed E-state index contributed by atoms with van der Waals surface area (Å²) in [6.07, 6.45) is 0. The highest BCUT2D eigenvalue weighted by atomic mass is 32.2. The van der Waals surface area contributed by atoms with E-state index in [-0.39, 0.29) is 17.2 Å². The lowest BCUT2D eigenvalue weighted by Crippen LogP contribution is -2.36. The van der Waals surface area contributed by atoms with Gasteiger partial charge >= 0.3 is 5.97 Å². The van der Waals surface area contributed by atoms with Crippen LogP contribution < -0.4 is 4.31 Å². The van der Waals surface area contributed by atoms with Crippen LogP contribution in [0.2, 0.25) is 0 Å². The number of rotatable bonds is 6. The number of halogens is 1. The lowest BCUT2D eigenvalue weighted by molar-refractivity contribution is -0.141. The lowest BCUT2D eigenvalue weighted by Gasteiger charge is -2.23. The number of anilines is 1. The van der Waals surface area contributed by atoms with Gasteiger partial charge in [0.05, 0.1) is 17.2 Å². The van der Waals surface area contributed by atoms with E-state index >= 15 is 0 Å². The molecule has 24 heavy (non-hydrogen) atoms. The third-order valence-corrected chi connectivity index (χ3v) is 5.07. The van der Waals surface area contributed by atoms with Gasteiger partial charge in [-0.25, -0.2) is 12.8 Å². The van der Waals surface area contributed by atoms with Gasteiger partial charge in [-0.3, -0.25) is 9.10 Å². The van der Waals surface area contributed by atoms with Crippen molar-refractivity contribution in [3.8, 4) is 0 Å². The second kappa shape index (κ2) is 7.44. The lowest BCUT2D eigenvalue weighted by atomic mass is 10.2. The molecule has 0 aliphatic rings. The average Bonchev–Trinajstić information content (AvgIpc) is 2.53. The third kappa shape index (κ3) is 4.11. The number of aryl methyl sites for hydroxylation is 1. The monoisotopic (exact) mass is 351 g/mol. The zero-order valence-electron chi connectivity index (χ0n) is 13.4. The zero-order chi connectivity index (χ0) is 17.7. The maximum absolute atomic E-state index is 13.5. The summed E-state index contributed by atoms with van der Waals surface area (Å²) in [5.41, 5.74) is 0.959. The van der Waals surface area contributed by atoms with Crippen molar-refractivity contribution in [3.05, 3.63) is 59.9 Å². The van der Waals surface area contributed by atoms with Crippen LogP contribution in [-0.4, -0.2) is 27.5 Å². The number of carbonyl (C=O) groups excluding carboxylic acids is 1.